The number of ether oxygens (including phenoxy) is 2. The van der Waals surface area contributed by atoms with Crippen LogP contribution in [-0.2, 0) is 9.53 Å². The van der Waals surface area contributed by atoms with Crippen molar-refractivity contribution in [3.63, 3.8) is 0 Å². The summed E-state index contributed by atoms with van der Waals surface area (Å²) >= 11 is 0. The molecule has 0 fully saturated rings. The molecule has 0 aliphatic heterocycles. The lowest BCUT2D eigenvalue weighted by atomic mass is 10.2. The SMILES string of the molecule is CCOC(=O)c1[nH]c2ccc(OC)cc2c1NC(=O)C=Cc1ccccc1. The molecule has 3 rings (SSSR count). The van der Waals surface area contributed by atoms with Crippen LogP contribution in [-0.4, -0.2) is 30.6 Å². The Morgan fingerprint density at radius 2 is 1.93 bits per heavy atom. The van der Waals surface area contributed by atoms with Gasteiger partial charge in [-0.25, -0.2) is 4.79 Å². The Morgan fingerprint density at radius 1 is 1.15 bits per heavy atom. The maximum Gasteiger partial charge on any atom is 0.356 e. The molecule has 0 spiro atoms. The van der Waals surface area contributed by atoms with Gasteiger partial charge in [-0.05, 0) is 36.8 Å². The van der Waals surface area contributed by atoms with Crippen molar-refractivity contribution >= 4 is 34.5 Å². The predicted molar refractivity (Wildman–Crippen MR) is 105 cm³/mol. The second-order valence-electron chi connectivity index (χ2n) is 5.74. The second-order valence-corrected chi connectivity index (χ2v) is 5.74. The first-order chi connectivity index (χ1) is 13.1. The van der Waals surface area contributed by atoms with Crippen LogP contribution in [0.3, 0.4) is 0 Å². The number of anilines is 1. The van der Waals surface area contributed by atoms with E-state index < -0.39 is 5.97 Å². The molecule has 0 radical (unpaired) electrons. The van der Waals surface area contributed by atoms with Gasteiger partial charge in [-0.3, -0.25) is 4.79 Å². The molecule has 1 amide bonds. The molecular formula is C21H20N2O4. The molecule has 1 aromatic heterocycles. The number of carbonyl (C=O) groups excluding carboxylic acids is 2. The molecule has 0 bridgehead atoms. The number of fused-ring (bicyclic) bond motifs is 1. The van der Waals surface area contributed by atoms with Crippen LogP contribution in [0.4, 0.5) is 5.69 Å². The Labute approximate surface area is 156 Å². The number of amides is 1. The number of carbonyl (C=O) groups is 2. The normalized spacial score (nSPS) is 10.9. The summed E-state index contributed by atoms with van der Waals surface area (Å²) in [6.07, 6.45) is 3.12. The number of hydrogen-bond acceptors (Lipinski definition) is 4. The molecular weight excluding hydrogens is 344 g/mol. The Bertz CT molecular complexity index is 990. The molecule has 6 nitrogen and oxygen atoms in total. The Morgan fingerprint density at radius 3 is 2.63 bits per heavy atom. The highest BCUT2D eigenvalue weighted by molar-refractivity contribution is 6.13. The van der Waals surface area contributed by atoms with E-state index >= 15 is 0 Å². The molecule has 27 heavy (non-hydrogen) atoms. The van der Waals surface area contributed by atoms with Gasteiger partial charge >= 0.3 is 5.97 Å². The minimum Gasteiger partial charge on any atom is -0.497 e. The van der Waals surface area contributed by atoms with Crippen LogP contribution in [0.1, 0.15) is 23.0 Å². The smallest absolute Gasteiger partial charge is 0.356 e. The summed E-state index contributed by atoms with van der Waals surface area (Å²) in [5.74, 6) is -0.268. The van der Waals surface area contributed by atoms with Crippen molar-refractivity contribution in [2.24, 2.45) is 0 Å². The lowest BCUT2D eigenvalue weighted by molar-refractivity contribution is -0.111. The molecule has 1 heterocycles. The number of benzene rings is 2. The highest BCUT2D eigenvalue weighted by Crippen LogP contribution is 2.31. The molecule has 3 aromatic rings. The molecule has 6 heteroatoms. The number of nitrogens with one attached hydrogen (secondary N) is 2. The zero-order valence-electron chi connectivity index (χ0n) is 15.1. The average molecular weight is 364 g/mol. The second kappa shape index (κ2) is 8.23. The first-order valence-electron chi connectivity index (χ1n) is 8.53. The molecule has 138 valence electrons. The van der Waals surface area contributed by atoms with E-state index in [1.807, 2.05) is 30.3 Å². The summed E-state index contributed by atoms with van der Waals surface area (Å²) in [4.78, 5) is 27.7. The Hall–Kier alpha value is -3.54. The van der Waals surface area contributed by atoms with Gasteiger partial charge in [0.2, 0.25) is 5.91 Å². The minimum absolute atomic E-state index is 0.196. The molecule has 0 saturated carbocycles. The monoisotopic (exact) mass is 364 g/mol. The van der Waals surface area contributed by atoms with E-state index in [-0.39, 0.29) is 18.2 Å². The number of hydrogen-bond donors (Lipinski definition) is 2. The lowest BCUT2D eigenvalue weighted by Crippen LogP contribution is -2.13. The molecule has 0 aliphatic rings. The standard InChI is InChI=1S/C21H20N2O4/c1-3-27-21(25)20-19(16-13-15(26-2)10-11-17(16)22-20)23-18(24)12-9-14-7-5-4-6-8-14/h4-13,22H,3H2,1-2H3,(H,23,24). The Balaban J connectivity index is 1.95. The molecule has 0 unspecified atom stereocenters. The largest absolute Gasteiger partial charge is 0.497 e. The zero-order valence-corrected chi connectivity index (χ0v) is 15.1. The van der Waals surface area contributed by atoms with Crippen molar-refractivity contribution in [2.75, 3.05) is 19.0 Å². The van der Waals surface area contributed by atoms with Gasteiger partial charge in [0.25, 0.3) is 0 Å². The van der Waals surface area contributed by atoms with Crippen LogP contribution in [0.15, 0.2) is 54.6 Å². The first kappa shape index (κ1) is 18.3. The maximum atomic E-state index is 12.4. The summed E-state index contributed by atoms with van der Waals surface area (Å²) in [5, 5.41) is 3.45. The maximum absolute atomic E-state index is 12.4. The fraction of sp³-hybridized carbons (Fsp3) is 0.143. The van der Waals surface area contributed by atoms with Gasteiger partial charge in [-0.1, -0.05) is 30.3 Å². The third-order valence-corrected chi connectivity index (χ3v) is 3.96. The highest BCUT2D eigenvalue weighted by Gasteiger charge is 2.20. The van der Waals surface area contributed by atoms with Gasteiger partial charge in [0, 0.05) is 17.0 Å². The lowest BCUT2D eigenvalue weighted by Gasteiger charge is -2.06. The van der Waals surface area contributed by atoms with Crippen LogP contribution >= 0.6 is 0 Å². The van der Waals surface area contributed by atoms with Gasteiger partial charge in [0.1, 0.15) is 11.4 Å². The third kappa shape index (κ3) is 4.17. The molecule has 0 saturated heterocycles. The van der Waals surface area contributed by atoms with Crippen LogP contribution < -0.4 is 10.1 Å². The summed E-state index contributed by atoms with van der Waals surface area (Å²) in [5.41, 5.74) is 2.16. The number of aromatic amines is 1. The van der Waals surface area contributed by atoms with E-state index in [1.165, 1.54) is 6.08 Å². The van der Waals surface area contributed by atoms with Gasteiger partial charge in [-0.15, -0.1) is 0 Å². The fourth-order valence-corrected chi connectivity index (χ4v) is 2.69. The number of aromatic nitrogens is 1. The molecule has 0 aliphatic carbocycles. The summed E-state index contributed by atoms with van der Waals surface area (Å²) < 4.78 is 10.3. The van der Waals surface area contributed by atoms with Crippen molar-refractivity contribution in [2.45, 2.75) is 6.92 Å². The highest BCUT2D eigenvalue weighted by atomic mass is 16.5. The van der Waals surface area contributed by atoms with E-state index in [2.05, 4.69) is 10.3 Å². The summed E-state index contributed by atoms with van der Waals surface area (Å²) in [6, 6.07) is 14.8. The Kier molecular flexibility index (Phi) is 5.56. The van der Waals surface area contributed by atoms with Gasteiger partial charge < -0.3 is 19.8 Å². The van der Waals surface area contributed by atoms with Crippen LogP contribution in [0.2, 0.25) is 0 Å². The number of esters is 1. The van der Waals surface area contributed by atoms with Crippen molar-refractivity contribution in [3.05, 3.63) is 65.9 Å². The zero-order chi connectivity index (χ0) is 19.2. The van der Waals surface area contributed by atoms with Crippen LogP contribution in [0, 0.1) is 0 Å². The third-order valence-electron chi connectivity index (χ3n) is 3.96. The first-order valence-corrected chi connectivity index (χ1v) is 8.53. The van der Waals surface area contributed by atoms with E-state index in [1.54, 1.807) is 38.3 Å². The summed E-state index contributed by atoms with van der Waals surface area (Å²) in [6.45, 7) is 1.96. The van der Waals surface area contributed by atoms with Crippen LogP contribution in [0.25, 0.3) is 17.0 Å². The molecule has 0 atom stereocenters. The molecule has 2 aromatic carbocycles. The van der Waals surface area contributed by atoms with E-state index in [0.717, 1.165) is 5.56 Å². The van der Waals surface area contributed by atoms with Gasteiger partial charge in [0.15, 0.2) is 0 Å². The molecule has 2 N–H and O–H groups in total. The topological polar surface area (TPSA) is 80.4 Å². The van der Waals surface area contributed by atoms with Crippen molar-refractivity contribution in [1.82, 2.24) is 4.98 Å². The number of rotatable bonds is 6. The van der Waals surface area contributed by atoms with E-state index in [4.69, 9.17) is 9.47 Å². The quantitative estimate of drug-likeness (QED) is 0.512. The van der Waals surface area contributed by atoms with Crippen LogP contribution in [0.5, 0.6) is 5.75 Å². The van der Waals surface area contributed by atoms with Crippen molar-refractivity contribution in [3.8, 4) is 5.75 Å². The summed E-state index contributed by atoms with van der Waals surface area (Å²) in [7, 11) is 1.56. The van der Waals surface area contributed by atoms with Gasteiger partial charge in [-0.2, -0.15) is 0 Å². The van der Waals surface area contributed by atoms with E-state index in [0.29, 0.717) is 22.3 Å². The predicted octanol–water partition coefficient (Wildman–Crippen LogP) is 4.01. The number of H-pyrrole nitrogens is 1. The number of methoxy groups -OCH3 is 1. The van der Waals surface area contributed by atoms with Crippen molar-refractivity contribution in [1.29, 1.82) is 0 Å². The average Bonchev–Trinajstić information content (AvgIpc) is 3.05. The van der Waals surface area contributed by atoms with Crippen molar-refractivity contribution < 1.29 is 19.1 Å². The van der Waals surface area contributed by atoms with Gasteiger partial charge in [0.05, 0.1) is 19.4 Å². The fourth-order valence-electron chi connectivity index (χ4n) is 2.69. The van der Waals surface area contributed by atoms with E-state index in [9.17, 15) is 9.59 Å². The minimum atomic E-state index is -0.532.